The van der Waals surface area contributed by atoms with Crippen LogP contribution in [0.4, 0.5) is 26.3 Å². The van der Waals surface area contributed by atoms with Crippen LogP contribution in [0, 0.1) is 0 Å². The molecule has 0 bridgehead atoms. The van der Waals surface area contributed by atoms with Gasteiger partial charge >= 0.3 is 12.4 Å². The highest BCUT2D eigenvalue weighted by molar-refractivity contribution is 7.92. The van der Waals surface area contributed by atoms with Crippen LogP contribution in [0.15, 0.2) is 249 Å². The largest absolute Gasteiger partial charge is 0.860 e. The number of halogens is 6. The van der Waals surface area contributed by atoms with Crippen molar-refractivity contribution in [1.29, 1.82) is 0 Å². The number of rotatable bonds is 14. The van der Waals surface area contributed by atoms with Gasteiger partial charge in [0.25, 0.3) is 15.0 Å². The van der Waals surface area contributed by atoms with Crippen LogP contribution in [0.5, 0.6) is 17.2 Å². The summed E-state index contributed by atoms with van der Waals surface area (Å²) >= 11 is 0. The summed E-state index contributed by atoms with van der Waals surface area (Å²) in [5.74, 6) is 2.21. The monoisotopic (exact) mass is 1150 g/mol. The second kappa shape index (κ2) is 27.7. The number of benzene rings is 9. The van der Waals surface area contributed by atoms with E-state index >= 15 is 0 Å². The fourth-order valence-electron chi connectivity index (χ4n) is 10.9. The van der Waals surface area contributed by atoms with Gasteiger partial charge in [0.1, 0.15) is 39.1 Å². The van der Waals surface area contributed by atoms with E-state index in [4.69, 9.17) is 9.05 Å². The highest BCUT2D eigenvalue weighted by Gasteiger charge is 2.51. The molecule has 0 radical (unpaired) electrons. The highest BCUT2D eigenvalue weighted by atomic mass is 31.2. The first-order valence-electron chi connectivity index (χ1n) is 27.7. The van der Waals surface area contributed by atoms with Crippen molar-refractivity contribution < 1.29 is 50.1 Å². The van der Waals surface area contributed by atoms with Gasteiger partial charge in [-0.1, -0.05) is 172 Å². The minimum Gasteiger partial charge on any atom is -0.860 e. The Balaban J connectivity index is 0.000000155. The zero-order valence-electron chi connectivity index (χ0n) is 45.2. The quantitative estimate of drug-likeness (QED) is 0.0616. The molecule has 82 heavy (non-hydrogen) atoms. The van der Waals surface area contributed by atoms with Crippen LogP contribution in [0.2, 0.25) is 0 Å². The predicted octanol–water partition coefficient (Wildman–Crippen LogP) is 14.9. The zero-order chi connectivity index (χ0) is 57.4. The first kappa shape index (κ1) is 59.4. The molecular weight excluding hydrogens is 1080 g/mol. The van der Waals surface area contributed by atoms with E-state index in [1.54, 1.807) is 0 Å². The first-order chi connectivity index (χ1) is 39.7. The third-order valence-electron chi connectivity index (χ3n) is 14.9. The lowest BCUT2D eigenvalue weighted by molar-refractivity contribution is -0.372. The lowest BCUT2D eigenvalue weighted by Crippen LogP contribution is -2.50. The van der Waals surface area contributed by atoms with Gasteiger partial charge < -0.3 is 23.7 Å². The summed E-state index contributed by atoms with van der Waals surface area (Å²) in [5.41, 5.74) is -0.402. The van der Waals surface area contributed by atoms with Crippen molar-refractivity contribution in [2.24, 2.45) is 0 Å². The van der Waals surface area contributed by atoms with Gasteiger partial charge in [-0.25, -0.2) is 0 Å². The van der Waals surface area contributed by atoms with Gasteiger partial charge in [-0.2, -0.15) is 26.3 Å². The fraction of sp³-hybridized carbons (Fsp3) is 0.206. The molecule has 0 aromatic heterocycles. The Hall–Kier alpha value is -7.20. The van der Waals surface area contributed by atoms with E-state index in [9.17, 15) is 36.4 Å². The van der Waals surface area contributed by atoms with Gasteiger partial charge in [-0.3, -0.25) is 0 Å². The Kier molecular flexibility index (Phi) is 20.1. The van der Waals surface area contributed by atoms with Crippen molar-refractivity contribution in [2.75, 3.05) is 0 Å². The fourth-order valence-corrected chi connectivity index (χ4v) is 17.8. The molecule has 2 aliphatic rings. The number of hydrogen-bond donors (Lipinski definition) is 0. The van der Waals surface area contributed by atoms with Gasteiger partial charge in [0.2, 0.25) is 0 Å². The normalized spacial score (nSPS) is 14.2. The maximum absolute atomic E-state index is 12.3. The number of hydrogen-bond acceptors (Lipinski definition) is 5. The average molecular weight is 1150 g/mol. The molecule has 14 heteroatoms. The molecule has 2 aliphatic carbocycles. The average Bonchev–Trinajstić information content (AvgIpc) is 3.63. The van der Waals surface area contributed by atoms with Gasteiger partial charge in [-0.05, 0) is 164 Å². The maximum Gasteiger partial charge on any atom is 0.416 e. The molecule has 9 aromatic rings. The molecule has 9 aromatic carbocycles. The van der Waals surface area contributed by atoms with E-state index < -0.39 is 51.5 Å². The molecule has 0 saturated heterocycles. The predicted molar refractivity (Wildman–Crippen MR) is 319 cm³/mol. The lowest BCUT2D eigenvalue weighted by Gasteiger charge is -2.27. The Morgan fingerprint density at radius 3 is 0.817 bits per heavy atom. The third kappa shape index (κ3) is 14.9. The van der Waals surface area contributed by atoms with Crippen LogP contribution >= 0.6 is 15.0 Å². The topological polar surface area (TPSA) is 73.8 Å². The van der Waals surface area contributed by atoms with Crippen molar-refractivity contribution in [3.63, 3.8) is 0 Å². The molecule has 0 unspecified atom stereocenters. The molecule has 420 valence electrons. The molecule has 5 nitrogen and oxygen atoms in total. The highest BCUT2D eigenvalue weighted by Crippen LogP contribution is 2.57. The summed E-state index contributed by atoms with van der Waals surface area (Å²) in [4.78, 5) is 0. The molecule has 11 rings (SSSR count). The lowest BCUT2D eigenvalue weighted by atomic mass is 9.84. The van der Waals surface area contributed by atoms with Crippen molar-refractivity contribution in [1.82, 2.24) is 0 Å². The third-order valence-corrected chi connectivity index (χ3v) is 22.0. The molecule has 2 fully saturated rings. The van der Waals surface area contributed by atoms with Gasteiger partial charge in [0.05, 0.1) is 16.9 Å². The smallest absolute Gasteiger partial charge is 0.416 e. The number of alkyl halides is 6. The molecule has 0 amide bonds. The van der Waals surface area contributed by atoms with E-state index in [1.807, 2.05) is 0 Å². The Morgan fingerprint density at radius 1 is 0.329 bits per heavy atom. The molecule has 0 heterocycles. The van der Waals surface area contributed by atoms with Crippen LogP contribution in [0.1, 0.15) is 98.3 Å². The van der Waals surface area contributed by atoms with Gasteiger partial charge in [0, 0.05) is 0 Å². The Morgan fingerprint density at radius 2 is 0.585 bits per heavy atom. The van der Waals surface area contributed by atoms with E-state index in [0.29, 0.717) is 11.8 Å². The molecule has 0 atom stereocenters. The van der Waals surface area contributed by atoms with Crippen molar-refractivity contribution in [2.45, 2.75) is 88.4 Å². The molecular formula is C68H63BF6O5P2. The zero-order valence-corrected chi connectivity index (χ0v) is 47.0. The molecule has 0 aliphatic heterocycles. The van der Waals surface area contributed by atoms with Gasteiger partial charge in [-0.15, -0.1) is 0 Å². The summed E-state index contributed by atoms with van der Waals surface area (Å²) < 4.78 is 91.8. The molecule has 0 spiro atoms. The SMILES string of the molecule is [O-]B([O-])Oc1cc(C(F)(F)F)cc(C(F)(F)F)c1.c1ccc([P+](Oc2ccc(C3CCCCC3)cc2)(c2ccccc2)c2ccccc2)cc1.c1ccc([P+](Oc2ccc(C3CCCCC3)cc2)(c2ccccc2)c2ccccc2)cc1. The second-order valence-corrected chi connectivity index (χ2v) is 26.3. The summed E-state index contributed by atoms with van der Waals surface area (Å²) in [6.07, 6.45) is 3.34. The minimum atomic E-state index is -5.05. The van der Waals surface area contributed by atoms with Crippen molar-refractivity contribution >= 4 is 54.1 Å². The van der Waals surface area contributed by atoms with Crippen LogP contribution in [0.25, 0.3) is 0 Å². The van der Waals surface area contributed by atoms with Gasteiger partial charge in [0.15, 0.2) is 11.5 Å². The molecule has 2 saturated carbocycles. The summed E-state index contributed by atoms with van der Waals surface area (Å²) in [7, 11) is -7.66. The van der Waals surface area contributed by atoms with Crippen molar-refractivity contribution in [3.05, 3.63) is 271 Å². The summed E-state index contributed by atoms with van der Waals surface area (Å²) in [6, 6.07) is 82.5. The van der Waals surface area contributed by atoms with Crippen LogP contribution < -0.4 is 55.6 Å². The first-order valence-corrected chi connectivity index (χ1v) is 31.1. The van der Waals surface area contributed by atoms with E-state index in [1.165, 1.54) is 107 Å². The van der Waals surface area contributed by atoms with Crippen LogP contribution in [-0.4, -0.2) is 7.32 Å². The Bertz CT molecular complexity index is 2920. The van der Waals surface area contributed by atoms with Crippen LogP contribution in [-0.2, 0) is 12.4 Å². The van der Waals surface area contributed by atoms with Crippen molar-refractivity contribution in [3.8, 4) is 17.2 Å². The van der Waals surface area contributed by atoms with E-state index in [2.05, 4.69) is 235 Å². The van der Waals surface area contributed by atoms with E-state index in [0.717, 1.165) is 11.5 Å². The molecule has 0 N–H and O–H groups in total. The minimum absolute atomic E-state index is 0.141. The van der Waals surface area contributed by atoms with Crippen LogP contribution in [0.3, 0.4) is 0 Å². The maximum atomic E-state index is 12.3. The second-order valence-electron chi connectivity index (χ2n) is 20.4. The standard InChI is InChI=1S/2C30H30OP.C8H3BF6O3/c2*1-5-13-25(14-6-1)26-21-23-27(24-22-26)31-32(28-15-7-2-8-16-28,29-17-9-3-10-18-29)30-19-11-4-12-20-30;10-7(11,12)4-1-5(8(13,14)15)3-6(2-4)18-9(16)17/h2*2-4,7-12,15-25H,1,5-6,13-14H2;1-3H/q2*+1;-2. The Labute approximate surface area is 478 Å². The van der Waals surface area contributed by atoms with E-state index in [-0.39, 0.29) is 18.2 Å². The summed E-state index contributed by atoms with van der Waals surface area (Å²) in [5, 5.41) is 27.5. The summed E-state index contributed by atoms with van der Waals surface area (Å²) in [6.45, 7) is 0.